The number of halogens is 1. The summed E-state index contributed by atoms with van der Waals surface area (Å²) in [5, 5.41) is 6.20. The molecule has 22 heavy (non-hydrogen) atoms. The highest BCUT2D eigenvalue weighted by Crippen LogP contribution is 2.26. The third-order valence-electron chi connectivity index (χ3n) is 2.91. The number of rotatable bonds is 4. The Morgan fingerprint density at radius 3 is 2.95 bits per heavy atom. The summed E-state index contributed by atoms with van der Waals surface area (Å²) in [4.78, 5) is 20.4. The van der Waals surface area contributed by atoms with Gasteiger partial charge in [-0.1, -0.05) is 23.7 Å². The van der Waals surface area contributed by atoms with Crippen molar-refractivity contribution in [3.8, 4) is 10.6 Å². The first-order valence-electron chi connectivity index (χ1n) is 6.61. The molecule has 0 aliphatic carbocycles. The number of aromatic nitrogens is 2. The summed E-state index contributed by atoms with van der Waals surface area (Å²) in [5.74, 6) is -0.115. The lowest BCUT2D eigenvalue weighted by atomic mass is 10.2. The van der Waals surface area contributed by atoms with Crippen molar-refractivity contribution in [3.05, 3.63) is 64.9 Å². The summed E-state index contributed by atoms with van der Waals surface area (Å²) < 4.78 is 0. The zero-order valence-corrected chi connectivity index (χ0v) is 13.1. The second-order valence-corrected chi connectivity index (χ2v) is 5.92. The molecule has 1 aromatic carbocycles. The van der Waals surface area contributed by atoms with Gasteiger partial charge in [0.25, 0.3) is 0 Å². The molecule has 0 fully saturated rings. The van der Waals surface area contributed by atoms with Crippen LogP contribution in [0.25, 0.3) is 10.6 Å². The molecule has 0 bridgehead atoms. The first-order chi connectivity index (χ1) is 10.7. The number of amides is 1. The second kappa shape index (κ2) is 6.68. The average molecular weight is 330 g/mol. The van der Waals surface area contributed by atoms with Gasteiger partial charge in [-0.15, -0.1) is 11.3 Å². The van der Waals surface area contributed by atoms with E-state index in [2.05, 4.69) is 15.3 Å². The van der Waals surface area contributed by atoms with E-state index in [1.165, 1.54) is 11.3 Å². The second-order valence-electron chi connectivity index (χ2n) is 4.62. The Labute approximate surface area is 136 Å². The molecule has 0 radical (unpaired) electrons. The number of thiazole rings is 1. The van der Waals surface area contributed by atoms with Gasteiger partial charge in [-0.2, -0.15) is 0 Å². The van der Waals surface area contributed by atoms with E-state index >= 15 is 0 Å². The third kappa shape index (κ3) is 3.69. The first kappa shape index (κ1) is 14.7. The zero-order valence-electron chi connectivity index (χ0n) is 11.5. The van der Waals surface area contributed by atoms with Crippen LogP contribution >= 0.6 is 22.9 Å². The number of hydrogen-bond acceptors (Lipinski definition) is 4. The fourth-order valence-corrected chi connectivity index (χ4v) is 2.96. The molecule has 0 atom stereocenters. The van der Waals surface area contributed by atoms with Crippen LogP contribution in [0.1, 0.15) is 5.69 Å². The summed E-state index contributed by atoms with van der Waals surface area (Å²) in [5.41, 5.74) is 2.37. The average Bonchev–Trinajstić information content (AvgIpc) is 2.96. The maximum absolute atomic E-state index is 12.0. The summed E-state index contributed by atoms with van der Waals surface area (Å²) in [6.45, 7) is 0. The van der Waals surface area contributed by atoms with Crippen molar-refractivity contribution in [2.45, 2.75) is 6.42 Å². The van der Waals surface area contributed by atoms with E-state index in [1.807, 2.05) is 29.6 Å². The van der Waals surface area contributed by atoms with E-state index < -0.39 is 0 Å². The van der Waals surface area contributed by atoms with Crippen molar-refractivity contribution < 1.29 is 4.79 Å². The molecule has 1 amide bonds. The number of nitrogens with zero attached hydrogens (tertiary/aromatic N) is 2. The predicted octanol–water partition coefficient (Wildman–Crippen LogP) is 4.04. The smallest absolute Gasteiger partial charge is 0.230 e. The van der Waals surface area contributed by atoms with E-state index in [9.17, 15) is 4.79 Å². The number of pyridine rings is 1. The van der Waals surface area contributed by atoms with Crippen LogP contribution in [0.5, 0.6) is 0 Å². The lowest BCUT2D eigenvalue weighted by Crippen LogP contribution is -2.14. The van der Waals surface area contributed by atoms with Crippen molar-refractivity contribution in [3.63, 3.8) is 0 Å². The van der Waals surface area contributed by atoms with E-state index in [-0.39, 0.29) is 12.3 Å². The SMILES string of the molecule is O=C(Cc1csc(-c2cccc(Cl)c2)n1)Nc1cccnc1. The Morgan fingerprint density at radius 1 is 1.27 bits per heavy atom. The van der Waals surface area contributed by atoms with Crippen LogP contribution in [-0.4, -0.2) is 15.9 Å². The number of carbonyl (C=O) groups excluding carboxylic acids is 1. The van der Waals surface area contributed by atoms with Crippen LogP contribution in [-0.2, 0) is 11.2 Å². The van der Waals surface area contributed by atoms with Crippen molar-refractivity contribution in [1.29, 1.82) is 0 Å². The molecule has 110 valence electrons. The monoisotopic (exact) mass is 329 g/mol. The molecule has 0 saturated carbocycles. The Hall–Kier alpha value is -2.24. The van der Waals surface area contributed by atoms with Gasteiger partial charge in [0.05, 0.1) is 24.0 Å². The Balaban J connectivity index is 1.68. The molecule has 2 aromatic heterocycles. The van der Waals surface area contributed by atoms with Gasteiger partial charge >= 0.3 is 0 Å². The van der Waals surface area contributed by atoms with Crippen molar-refractivity contribution in [2.75, 3.05) is 5.32 Å². The predicted molar refractivity (Wildman–Crippen MR) is 89.1 cm³/mol. The molecule has 0 saturated heterocycles. The van der Waals surface area contributed by atoms with Gasteiger partial charge in [0.15, 0.2) is 0 Å². The largest absolute Gasteiger partial charge is 0.324 e. The van der Waals surface area contributed by atoms with Gasteiger partial charge in [-0.3, -0.25) is 9.78 Å². The highest BCUT2D eigenvalue weighted by Gasteiger charge is 2.09. The van der Waals surface area contributed by atoms with E-state index in [0.29, 0.717) is 10.7 Å². The van der Waals surface area contributed by atoms with Crippen molar-refractivity contribution in [1.82, 2.24) is 9.97 Å². The minimum absolute atomic E-state index is 0.115. The van der Waals surface area contributed by atoms with E-state index in [0.717, 1.165) is 16.3 Å². The van der Waals surface area contributed by atoms with Gasteiger partial charge in [0, 0.05) is 22.2 Å². The third-order valence-corrected chi connectivity index (χ3v) is 4.09. The standard InChI is InChI=1S/C16H12ClN3OS/c17-12-4-1-3-11(7-12)16-20-14(10-22-16)8-15(21)19-13-5-2-6-18-9-13/h1-7,9-10H,8H2,(H,19,21). The first-order valence-corrected chi connectivity index (χ1v) is 7.87. The highest BCUT2D eigenvalue weighted by molar-refractivity contribution is 7.13. The molecule has 1 N–H and O–H groups in total. The van der Waals surface area contributed by atoms with Gasteiger partial charge in [0.2, 0.25) is 5.91 Å². The van der Waals surface area contributed by atoms with Crippen LogP contribution in [0.4, 0.5) is 5.69 Å². The molecule has 2 heterocycles. The molecule has 6 heteroatoms. The molecule has 0 spiro atoms. The lowest BCUT2D eigenvalue weighted by Gasteiger charge is -2.02. The summed E-state index contributed by atoms with van der Waals surface area (Å²) in [6.07, 6.45) is 3.50. The highest BCUT2D eigenvalue weighted by atomic mass is 35.5. The number of nitrogens with one attached hydrogen (secondary N) is 1. The molecule has 0 aliphatic rings. The van der Waals surface area contributed by atoms with Crippen LogP contribution in [0.2, 0.25) is 5.02 Å². The molecule has 4 nitrogen and oxygen atoms in total. The Kier molecular flexibility index (Phi) is 4.46. The lowest BCUT2D eigenvalue weighted by molar-refractivity contribution is -0.115. The zero-order chi connectivity index (χ0) is 15.4. The van der Waals surface area contributed by atoms with Crippen LogP contribution in [0.3, 0.4) is 0 Å². The fraction of sp³-hybridized carbons (Fsp3) is 0.0625. The Morgan fingerprint density at radius 2 is 2.18 bits per heavy atom. The fourth-order valence-electron chi connectivity index (χ4n) is 1.95. The van der Waals surface area contributed by atoms with Crippen LogP contribution in [0.15, 0.2) is 54.2 Å². The van der Waals surface area contributed by atoms with Crippen LogP contribution in [0, 0.1) is 0 Å². The number of carbonyl (C=O) groups is 1. The normalized spacial score (nSPS) is 10.4. The quantitative estimate of drug-likeness (QED) is 0.786. The van der Waals surface area contributed by atoms with Gasteiger partial charge in [-0.05, 0) is 24.3 Å². The number of benzene rings is 1. The van der Waals surface area contributed by atoms with E-state index in [1.54, 1.807) is 24.5 Å². The summed E-state index contributed by atoms with van der Waals surface area (Å²) in [6, 6.07) is 11.1. The molecule has 3 rings (SSSR count). The van der Waals surface area contributed by atoms with Gasteiger partial charge in [-0.25, -0.2) is 4.98 Å². The molecule has 0 unspecified atom stereocenters. The van der Waals surface area contributed by atoms with Crippen molar-refractivity contribution >= 4 is 34.5 Å². The topological polar surface area (TPSA) is 54.9 Å². The van der Waals surface area contributed by atoms with Crippen LogP contribution < -0.4 is 5.32 Å². The number of hydrogen-bond donors (Lipinski definition) is 1. The van der Waals surface area contributed by atoms with Crippen molar-refractivity contribution in [2.24, 2.45) is 0 Å². The maximum atomic E-state index is 12.0. The van der Waals surface area contributed by atoms with Gasteiger partial charge in [0.1, 0.15) is 5.01 Å². The molecule has 3 aromatic rings. The maximum Gasteiger partial charge on any atom is 0.230 e. The molecular weight excluding hydrogens is 318 g/mol. The summed E-state index contributed by atoms with van der Waals surface area (Å²) >= 11 is 7.48. The summed E-state index contributed by atoms with van der Waals surface area (Å²) in [7, 11) is 0. The molecular formula is C16H12ClN3OS. The minimum atomic E-state index is -0.115. The number of anilines is 1. The van der Waals surface area contributed by atoms with E-state index in [4.69, 9.17) is 11.6 Å². The molecule has 0 aliphatic heterocycles. The van der Waals surface area contributed by atoms with Gasteiger partial charge < -0.3 is 5.32 Å². The minimum Gasteiger partial charge on any atom is -0.324 e. The Bertz CT molecular complexity index is 789.